The number of para-hydroxylation sites is 1. The molecule has 2 aromatic rings. The molecular weight excluding hydrogens is 504 g/mol. The van der Waals surface area contributed by atoms with E-state index in [1.807, 2.05) is 0 Å². The standard InChI is InChI=1S/C28H34N4O7/c1-28(2,3)39-27(37)29-13-12-23(33)30-17-19-8-5-6-9-22(19)31-24(34)18-10-11-20-21(16-18)26(36)32(25(20)35)14-7-15-38-4/h5-6,8-11,16H,7,12-15,17H2,1-4H3,(H,29,37)(H,30,33)(H,31,34). The number of amides is 5. The number of fused-ring (bicyclic) bond motifs is 1. The molecule has 0 bridgehead atoms. The third-order valence-electron chi connectivity index (χ3n) is 5.72. The number of methoxy groups -OCH3 is 1. The number of carbonyl (C=O) groups excluding carboxylic acids is 5. The number of nitrogens with one attached hydrogen (secondary N) is 3. The molecule has 0 saturated carbocycles. The van der Waals surface area contributed by atoms with E-state index in [1.165, 1.54) is 18.2 Å². The number of nitrogens with zero attached hydrogens (tertiary/aromatic N) is 1. The zero-order chi connectivity index (χ0) is 28.6. The molecule has 0 saturated heterocycles. The van der Waals surface area contributed by atoms with Gasteiger partial charge in [0, 0.05) is 51.0 Å². The van der Waals surface area contributed by atoms with E-state index >= 15 is 0 Å². The van der Waals surface area contributed by atoms with Crippen molar-refractivity contribution < 1.29 is 33.4 Å². The van der Waals surface area contributed by atoms with Gasteiger partial charge in [0.2, 0.25) is 5.91 Å². The molecular formula is C28H34N4O7. The third-order valence-corrected chi connectivity index (χ3v) is 5.72. The van der Waals surface area contributed by atoms with Crippen LogP contribution in [-0.2, 0) is 20.8 Å². The Morgan fingerprint density at radius 1 is 0.949 bits per heavy atom. The molecule has 11 nitrogen and oxygen atoms in total. The van der Waals surface area contributed by atoms with Crippen LogP contribution in [0.4, 0.5) is 10.5 Å². The Hall–Kier alpha value is -4.25. The fourth-order valence-corrected chi connectivity index (χ4v) is 3.87. The summed E-state index contributed by atoms with van der Waals surface area (Å²) in [5, 5.41) is 8.11. The maximum atomic E-state index is 13.0. The van der Waals surface area contributed by atoms with Crippen LogP contribution in [0.15, 0.2) is 42.5 Å². The first-order valence-electron chi connectivity index (χ1n) is 12.6. The van der Waals surface area contributed by atoms with Gasteiger partial charge in [0.25, 0.3) is 17.7 Å². The lowest BCUT2D eigenvalue weighted by Gasteiger charge is -2.19. The van der Waals surface area contributed by atoms with Gasteiger partial charge in [-0.15, -0.1) is 0 Å². The molecule has 2 aromatic carbocycles. The zero-order valence-corrected chi connectivity index (χ0v) is 22.6. The predicted octanol–water partition coefficient (Wildman–Crippen LogP) is 3.10. The Kier molecular flexibility index (Phi) is 9.78. The van der Waals surface area contributed by atoms with Crippen LogP contribution < -0.4 is 16.0 Å². The SMILES string of the molecule is COCCCN1C(=O)c2ccc(C(=O)Nc3ccccc3CNC(=O)CCNC(=O)OC(C)(C)C)cc2C1=O. The first-order chi connectivity index (χ1) is 18.5. The second-order valence-corrected chi connectivity index (χ2v) is 9.94. The van der Waals surface area contributed by atoms with Crippen molar-refractivity contribution in [1.82, 2.24) is 15.5 Å². The van der Waals surface area contributed by atoms with Crippen LogP contribution in [0.3, 0.4) is 0 Å². The van der Waals surface area contributed by atoms with E-state index in [9.17, 15) is 24.0 Å². The molecule has 0 unspecified atom stereocenters. The van der Waals surface area contributed by atoms with Crippen LogP contribution in [0.2, 0.25) is 0 Å². The second kappa shape index (κ2) is 13.0. The highest BCUT2D eigenvalue weighted by Gasteiger charge is 2.35. The first kappa shape index (κ1) is 29.3. The Balaban J connectivity index is 1.57. The lowest BCUT2D eigenvalue weighted by molar-refractivity contribution is -0.121. The molecule has 0 aliphatic carbocycles. The number of ether oxygens (including phenoxy) is 2. The average Bonchev–Trinajstić information content (AvgIpc) is 3.11. The van der Waals surface area contributed by atoms with Gasteiger partial charge in [0.05, 0.1) is 11.1 Å². The van der Waals surface area contributed by atoms with Crippen LogP contribution in [0.1, 0.15) is 70.3 Å². The number of anilines is 1. The average molecular weight is 539 g/mol. The molecule has 39 heavy (non-hydrogen) atoms. The van der Waals surface area contributed by atoms with Crippen molar-refractivity contribution in [2.45, 2.75) is 45.8 Å². The molecule has 1 heterocycles. The van der Waals surface area contributed by atoms with Gasteiger partial charge in [-0.3, -0.25) is 24.1 Å². The highest BCUT2D eigenvalue weighted by Crippen LogP contribution is 2.25. The van der Waals surface area contributed by atoms with Crippen LogP contribution in [0.25, 0.3) is 0 Å². The van der Waals surface area contributed by atoms with Gasteiger partial charge in [0.15, 0.2) is 0 Å². The highest BCUT2D eigenvalue weighted by molar-refractivity contribution is 6.22. The summed E-state index contributed by atoms with van der Waals surface area (Å²) in [4.78, 5) is 63.5. The molecule has 3 rings (SSSR count). The maximum absolute atomic E-state index is 13.0. The van der Waals surface area contributed by atoms with Crippen molar-refractivity contribution in [3.8, 4) is 0 Å². The number of carbonyl (C=O) groups is 5. The number of hydrogen-bond acceptors (Lipinski definition) is 7. The molecule has 0 radical (unpaired) electrons. The highest BCUT2D eigenvalue weighted by atomic mass is 16.6. The molecule has 0 atom stereocenters. The summed E-state index contributed by atoms with van der Waals surface area (Å²) in [6, 6.07) is 11.4. The Labute approximate surface area is 227 Å². The quantitative estimate of drug-likeness (QED) is 0.295. The first-order valence-corrected chi connectivity index (χ1v) is 12.6. The Morgan fingerprint density at radius 3 is 2.38 bits per heavy atom. The lowest BCUT2D eigenvalue weighted by Crippen LogP contribution is -2.35. The fourth-order valence-electron chi connectivity index (χ4n) is 3.87. The predicted molar refractivity (Wildman–Crippen MR) is 143 cm³/mol. The molecule has 1 aliphatic rings. The molecule has 3 N–H and O–H groups in total. The van der Waals surface area contributed by atoms with E-state index in [0.29, 0.717) is 24.3 Å². The summed E-state index contributed by atoms with van der Waals surface area (Å²) in [7, 11) is 1.55. The normalized spacial score (nSPS) is 12.7. The van der Waals surface area contributed by atoms with Gasteiger partial charge in [-0.2, -0.15) is 0 Å². The van der Waals surface area contributed by atoms with Gasteiger partial charge in [-0.1, -0.05) is 18.2 Å². The number of rotatable bonds is 11. The van der Waals surface area contributed by atoms with Crippen molar-refractivity contribution >= 4 is 35.4 Å². The smallest absolute Gasteiger partial charge is 0.407 e. The molecule has 5 amide bonds. The zero-order valence-electron chi connectivity index (χ0n) is 22.6. The summed E-state index contributed by atoms with van der Waals surface area (Å²) in [5.74, 6) is -1.58. The number of imide groups is 1. The number of benzene rings is 2. The van der Waals surface area contributed by atoms with Crippen molar-refractivity contribution in [3.63, 3.8) is 0 Å². The van der Waals surface area contributed by atoms with E-state index in [2.05, 4.69) is 16.0 Å². The van der Waals surface area contributed by atoms with Crippen LogP contribution in [0, 0.1) is 0 Å². The van der Waals surface area contributed by atoms with Gasteiger partial charge in [-0.25, -0.2) is 4.79 Å². The molecule has 0 spiro atoms. The lowest BCUT2D eigenvalue weighted by atomic mass is 10.0. The van der Waals surface area contributed by atoms with Gasteiger partial charge in [0.1, 0.15) is 5.60 Å². The van der Waals surface area contributed by atoms with Gasteiger partial charge in [-0.05, 0) is 57.0 Å². The largest absolute Gasteiger partial charge is 0.444 e. The monoisotopic (exact) mass is 538 g/mol. The molecule has 11 heteroatoms. The maximum Gasteiger partial charge on any atom is 0.407 e. The second-order valence-electron chi connectivity index (χ2n) is 9.94. The third kappa shape index (κ3) is 8.11. The molecule has 0 aromatic heterocycles. The van der Waals surface area contributed by atoms with Crippen molar-refractivity contribution in [3.05, 3.63) is 64.7 Å². The van der Waals surface area contributed by atoms with Crippen LogP contribution >= 0.6 is 0 Å². The molecule has 208 valence electrons. The van der Waals surface area contributed by atoms with Crippen LogP contribution in [0.5, 0.6) is 0 Å². The summed E-state index contributed by atoms with van der Waals surface area (Å²) in [6.07, 6.45) is -0.0270. The van der Waals surface area contributed by atoms with Gasteiger partial charge < -0.3 is 25.4 Å². The summed E-state index contributed by atoms with van der Waals surface area (Å²) in [5.41, 5.74) is 1.19. The Bertz CT molecular complexity index is 1250. The van der Waals surface area contributed by atoms with Crippen LogP contribution in [-0.4, -0.2) is 67.0 Å². The Morgan fingerprint density at radius 2 is 1.67 bits per heavy atom. The minimum atomic E-state index is -0.627. The van der Waals surface area contributed by atoms with Crippen molar-refractivity contribution in [1.29, 1.82) is 0 Å². The fraction of sp³-hybridized carbons (Fsp3) is 0.393. The van der Waals surface area contributed by atoms with E-state index < -0.39 is 23.5 Å². The van der Waals surface area contributed by atoms with E-state index in [-0.39, 0.29) is 54.6 Å². The molecule has 0 fully saturated rings. The number of hydrogen-bond donors (Lipinski definition) is 3. The van der Waals surface area contributed by atoms with Gasteiger partial charge >= 0.3 is 6.09 Å². The topological polar surface area (TPSA) is 143 Å². The minimum absolute atomic E-state index is 0.0537. The van der Waals surface area contributed by atoms with E-state index in [0.717, 1.165) is 4.90 Å². The summed E-state index contributed by atoms with van der Waals surface area (Å²) in [6.45, 7) is 6.16. The van der Waals surface area contributed by atoms with Crippen molar-refractivity contribution in [2.75, 3.05) is 32.1 Å². The number of alkyl carbamates (subject to hydrolysis) is 1. The minimum Gasteiger partial charge on any atom is -0.444 e. The van der Waals surface area contributed by atoms with E-state index in [4.69, 9.17) is 9.47 Å². The van der Waals surface area contributed by atoms with Crippen molar-refractivity contribution in [2.24, 2.45) is 0 Å². The summed E-state index contributed by atoms with van der Waals surface area (Å²) >= 11 is 0. The summed E-state index contributed by atoms with van der Waals surface area (Å²) < 4.78 is 10.1. The molecule has 1 aliphatic heterocycles. The van der Waals surface area contributed by atoms with E-state index in [1.54, 1.807) is 52.1 Å².